The van der Waals surface area contributed by atoms with Crippen molar-refractivity contribution in [3.63, 3.8) is 0 Å². The molecule has 0 aromatic rings. The van der Waals surface area contributed by atoms with Gasteiger partial charge in [-0.15, -0.1) is 0 Å². The standard InChI is InChI=1S/C15H34N2O4Si/c1-4-19-22(20-5-2,21-6-3)14-12-10-8-7-9-11-13-17-15(16)18/h4-14H2,1-3H3,(H3,16,17,18). The van der Waals surface area contributed by atoms with E-state index < -0.39 is 14.8 Å². The predicted molar refractivity (Wildman–Crippen MR) is 90.7 cm³/mol. The van der Waals surface area contributed by atoms with Crippen LogP contribution >= 0.6 is 0 Å². The molecule has 0 aromatic heterocycles. The Hall–Kier alpha value is -0.633. The molecular weight excluding hydrogens is 300 g/mol. The molecule has 6 nitrogen and oxygen atoms in total. The van der Waals surface area contributed by atoms with E-state index in [4.69, 9.17) is 19.0 Å². The highest BCUT2D eigenvalue weighted by Crippen LogP contribution is 2.20. The average Bonchev–Trinajstić information content (AvgIpc) is 2.46. The number of carbonyl (C=O) groups excluding carboxylic acids is 1. The summed E-state index contributed by atoms with van der Waals surface area (Å²) in [5.74, 6) is 0. The number of hydrogen-bond donors (Lipinski definition) is 2. The minimum absolute atomic E-state index is 0.441. The predicted octanol–water partition coefficient (Wildman–Crippen LogP) is 3.04. The van der Waals surface area contributed by atoms with Gasteiger partial charge in [0.25, 0.3) is 0 Å². The molecule has 0 aromatic carbocycles. The van der Waals surface area contributed by atoms with Gasteiger partial charge in [-0.05, 0) is 33.6 Å². The highest BCUT2D eigenvalue weighted by Gasteiger charge is 2.39. The van der Waals surface area contributed by atoms with Crippen molar-refractivity contribution < 1.29 is 18.1 Å². The molecule has 0 unspecified atom stereocenters. The fourth-order valence-electron chi connectivity index (χ4n) is 2.39. The molecule has 0 heterocycles. The van der Waals surface area contributed by atoms with Gasteiger partial charge in [-0.2, -0.15) is 0 Å². The van der Waals surface area contributed by atoms with E-state index in [1.54, 1.807) is 0 Å². The maximum Gasteiger partial charge on any atom is 0.500 e. The van der Waals surface area contributed by atoms with Crippen LogP contribution in [0.15, 0.2) is 0 Å². The van der Waals surface area contributed by atoms with E-state index in [0.29, 0.717) is 26.4 Å². The number of hydrogen-bond acceptors (Lipinski definition) is 4. The van der Waals surface area contributed by atoms with Crippen LogP contribution in [0.4, 0.5) is 4.79 Å². The lowest BCUT2D eigenvalue weighted by Gasteiger charge is -2.28. The van der Waals surface area contributed by atoms with E-state index in [2.05, 4.69) is 5.32 Å². The van der Waals surface area contributed by atoms with Crippen molar-refractivity contribution in [3.8, 4) is 0 Å². The van der Waals surface area contributed by atoms with Gasteiger partial charge in [0.1, 0.15) is 0 Å². The highest BCUT2D eigenvalue weighted by atomic mass is 28.4. The van der Waals surface area contributed by atoms with E-state index in [0.717, 1.165) is 31.7 Å². The molecule has 0 radical (unpaired) electrons. The first kappa shape index (κ1) is 21.4. The SMILES string of the molecule is CCO[Si](CCCCCCCCNC(N)=O)(OCC)OCC. The third kappa shape index (κ3) is 11.0. The normalized spacial score (nSPS) is 11.6. The minimum Gasteiger partial charge on any atom is -0.374 e. The molecule has 0 aliphatic rings. The molecular formula is C15H34N2O4Si. The molecule has 0 spiro atoms. The zero-order valence-corrected chi connectivity index (χ0v) is 15.5. The molecule has 0 saturated carbocycles. The van der Waals surface area contributed by atoms with Crippen LogP contribution in [-0.2, 0) is 13.3 Å². The molecule has 0 atom stereocenters. The molecule has 2 amide bonds. The average molecular weight is 335 g/mol. The fraction of sp³-hybridized carbons (Fsp3) is 0.933. The van der Waals surface area contributed by atoms with E-state index in [1.165, 1.54) is 12.8 Å². The van der Waals surface area contributed by atoms with E-state index in [1.807, 2.05) is 20.8 Å². The summed E-state index contributed by atoms with van der Waals surface area (Å²) in [6, 6.07) is 0.454. The lowest BCUT2D eigenvalue weighted by Crippen LogP contribution is -2.45. The first-order valence-corrected chi connectivity index (χ1v) is 10.5. The highest BCUT2D eigenvalue weighted by molar-refractivity contribution is 6.60. The zero-order valence-electron chi connectivity index (χ0n) is 14.5. The van der Waals surface area contributed by atoms with Crippen molar-refractivity contribution in [2.45, 2.75) is 65.3 Å². The molecule has 0 aliphatic heterocycles. The molecule has 0 fully saturated rings. The molecule has 132 valence electrons. The Bertz CT molecular complexity index is 263. The summed E-state index contributed by atoms with van der Waals surface area (Å²) in [6.07, 6.45) is 6.69. The minimum atomic E-state index is -2.45. The molecule has 0 bridgehead atoms. The Balaban J connectivity index is 3.77. The molecule has 3 N–H and O–H groups in total. The van der Waals surface area contributed by atoms with Crippen LogP contribution in [0.25, 0.3) is 0 Å². The number of carbonyl (C=O) groups is 1. The Morgan fingerprint density at radius 2 is 1.32 bits per heavy atom. The van der Waals surface area contributed by atoms with Crippen molar-refractivity contribution in [1.82, 2.24) is 5.32 Å². The van der Waals surface area contributed by atoms with Crippen molar-refractivity contribution in [3.05, 3.63) is 0 Å². The maximum atomic E-state index is 10.5. The number of nitrogens with one attached hydrogen (secondary N) is 1. The van der Waals surface area contributed by atoms with Gasteiger partial charge in [-0.25, -0.2) is 4.79 Å². The van der Waals surface area contributed by atoms with Crippen LogP contribution in [0, 0.1) is 0 Å². The fourth-order valence-corrected chi connectivity index (χ4v) is 5.07. The van der Waals surface area contributed by atoms with Gasteiger partial charge >= 0.3 is 14.8 Å². The summed E-state index contributed by atoms with van der Waals surface area (Å²) in [6.45, 7) is 8.54. The second-order valence-corrected chi connectivity index (χ2v) is 7.88. The number of nitrogens with two attached hydrogens (primary N) is 1. The van der Waals surface area contributed by atoms with Gasteiger partial charge in [0.2, 0.25) is 0 Å². The summed E-state index contributed by atoms with van der Waals surface area (Å²) >= 11 is 0. The Kier molecular flexibility index (Phi) is 13.6. The van der Waals surface area contributed by atoms with Gasteiger partial charge in [-0.3, -0.25) is 0 Å². The van der Waals surface area contributed by atoms with Crippen LogP contribution in [-0.4, -0.2) is 41.2 Å². The second-order valence-electron chi connectivity index (χ2n) is 5.14. The number of unbranched alkanes of at least 4 members (excludes halogenated alkanes) is 5. The summed E-state index contributed by atoms with van der Waals surface area (Å²) in [5.41, 5.74) is 5.01. The molecule has 7 heteroatoms. The topological polar surface area (TPSA) is 82.8 Å². The number of urea groups is 1. The van der Waals surface area contributed by atoms with Crippen molar-refractivity contribution >= 4 is 14.8 Å². The van der Waals surface area contributed by atoms with Gasteiger partial charge in [0.05, 0.1) is 0 Å². The van der Waals surface area contributed by atoms with Gasteiger partial charge in [0.15, 0.2) is 0 Å². The van der Waals surface area contributed by atoms with Gasteiger partial charge in [-0.1, -0.05) is 25.7 Å². The number of rotatable bonds is 15. The van der Waals surface area contributed by atoms with Crippen LogP contribution in [0.1, 0.15) is 59.3 Å². The molecule has 0 aliphatic carbocycles. The molecule has 0 saturated heterocycles. The molecule has 22 heavy (non-hydrogen) atoms. The third-order valence-corrected chi connectivity index (χ3v) is 6.45. The maximum absolute atomic E-state index is 10.5. The smallest absolute Gasteiger partial charge is 0.374 e. The summed E-state index contributed by atoms with van der Waals surface area (Å²) in [7, 11) is -2.45. The zero-order chi connectivity index (χ0) is 16.7. The first-order chi connectivity index (χ1) is 10.6. The van der Waals surface area contributed by atoms with Gasteiger partial charge in [0, 0.05) is 32.4 Å². The second kappa shape index (κ2) is 14.0. The Labute approximate surface area is 136 Å². The quantitative estimate of drug-likeness (QED) is 0.356. The van der Waals surface area contributed by atoms with Gasteiger partial charge < -0.3 is 24.3 Å². The Morgan fingerprint density at radius 3 is 1.77 bits per heavy atom. The largest absolute Gasteiger partial charge is 0.500 e. The first-order valence-electron chi connectivity index (χ1n) is 8.55. The number of amides is 2. The van der Waals surface area contributed by atoms with Crippen molar-refractivity contribution in [2.24, 2.45) is 5.73 Å². The van der Waals surface area contributed by atoms with Crippen LogP contribution in [0.2, 0.25) is 6.04 Å². The van der Waals surface area contributed by atoms with E-state index in [9.17, 15) is 4.79 Å². The lowest BCUT2D eigenvalue weighted by molar-refractivity contribution is 0.0706. The summed E-state index contributed by atoms with van der Waals surface area (Å²) < 4.78 is 17.5. The monoisotopic (exact) mass is 334 g/mol. The summed E-state index contributed by atoms with van der Waals surface area (Å²) in [5, 5.41) is 2.60. The third-order valence-electron chi connectivity index (χ3n) is 3.30. The number of primary amides is 1. The molecule has 0 rings (SSSR count). The summed E-state index contributed by atoms with van der Waals surface area (Å²) in [4.78, 5) is 10.5. The van der Waals surface area contributed by atoms with Crippen molar-refractivity contribution in [2.75, 3.05) is 26.4 Å². The van der Waals surface area contributed by atoms with Crippen LogP contribution < -0.4 is 11.1 Å². The van der Waals surface area contributed by atoms with Crippen LogP contribution in [0.3, 0.4) is 0 Å². The van der Waals surface area contributed by atoms with E-state index >= 15 is 0 Å². The lowest BCUT2D eigenvalue weighted by atomic mass is 10.1. The van der Waals surface area contributed by atoms with E-state index in [-0.39, 0.29) is 0 Å². The van der Waals surface area contributed by atoms with Crippen molar-refractivity contribution in [1.29, 1.82) is 0 Å². The van der Waals surface area contributed by atoms with Crippen LogP contribution in [0.5, 0.6) is 0 Å². The Morgan fingerprint density at radius 1 is 0.864 bits per heavy atom.